The molecule has 0 aliphatic carbocycles. The number of ether oxygens (including phenoxy) is 1. The minimum atomic E-state index is -1.03. The number of carbonyl (C=O) groups is 3. The molecule has 1 heterocycles. The van der Waals surface area contributed by atoms with Crippen molar-refractivity contribution in [2.75, 3.05) is 13.7 Å². The second-order valence-electron chi connectivity index (χ2n) is 3.90. The summed E-state index contributed by atoms with van der Waals surface area (Å²) >= 11 is 0. The Morgan fingerprint density at radius 1 is 1.26 bits per heavy atom. The largest absolute Gasteiger partial charge is 0.468 e. The lowest BCUT2D eigenvalue weighted by molar-refractivity contribution is -0.142. The van der Waals surface area contributed by atoms with Crippen LogP contribution < -0.4 is 5.73 Å². The Labute approximate surface area is 115 Å². The highest BCUT2D eigenvalue weighted by molar-refractivity contribution is 6.21. The second-order valence-corrected chi connectivity index (χ2v) is 3.90. The average Bonchev–Trinajstić information content (AvgIpc) is 2.63. The predicted molar refractivity (Wildman–Crippen MR) is 69.0 cm³/mol. The molecule has 7 heteroatoms. The van der Waals surface area contributed by atoms with Gasteiger partial charge in [0.15, 0.2) is 0 Å². The fourth-order valence-electron chi connectivity index (χ4n) is 1.83. The van der Waals surface area contributed by atoms with Crippen molar-refractivity contribution in [3.8, 4) is 0 Å². The molecule has 102 valence electrons. The van der Waals surface area contributed by atoms with E-state index in [9.17, 15) is 14.4 Å². The second kappa shape index (κ2) is 5.81. The maximum absolute atomic E-state index is 12.0. The Bertz CT molecular complexity index is 497. The Morgan fingerprint density at radius 3 is 2.16 bits per heavy atom. The van der Waals surface area contributed by atoms with Gasteiger partial charge in [-0.2, -0.15) is 0 Å². The van der Waals surface area contributed by atoms with Crippen molar-refractivity contribution >= 4 is 30.2 Å². The van der Waals surface area contributed by atoms with Gasteiger partial charge in [-0.3, -0.25) is 19.3 Å². The summed E-state index contributed by atoms with van der Waals surface area (Å²) in [6.45, 7) is -0.182. The number of fused-ring (bicyclic) bond motifs is 1. The summed E-state index contributed by atoms with van der Waals surface area (Å²) in [6.07, 6.45) is 0. The van der Waals surface area contributed by atoms with Gasteiger partial charge in [0.2, 0.25) is 0 Å². The molecule has 2 rings (SSSR count). The molecule has 2 amide bonds. The van der Waals surface area contributed by atoms with E-state index in [4.69, 9.17) is 5.73 Å². The van der Waals surface area contributed by atoms with Gasteiger partial charge in [-0.1, -0.05) is 12.1 Å². The maximum Gasteiger partial charge on any atom is 0.324 e. The third-order valence-electron chi connectivity index (χ3n) is 2.76. The number of nitrogens with zero attached hydrogens (tertiary/aromatic N) is 1. The van der Waals surface area contributed by atoms with Gasteiger partial charge in [-0.05, 0) is 12.1 Å². The van der Waals surface area contributed by atoms with Crippen LogP contribution in [0.25, 0.3) is 0 Å². The predicted octanol–water partition coefficient (Wildman–Crippen LogP) is 0.205. The van der Waals surface area contributed by atoms with E-state index in [1.54, 1.807) is 24.3 Å². The molecule has 0 saturated carbocycles. The molecule has 0 unspecified atom stereocenters. The van der Waals surface area contributed by atoms with Crippen LogP contribution in [0, 0.1) is 0 Å². The number of hydrogen-bond acceptors (Lipinski definition) is 5. The molecule has 0 aromatic heterocycles. The summed E-state index contributed by atoms with van der Waals surface area (Å²) in [5, 5.41) is 0. The lowest BCUT2D eigenvalue weighted by Crippen LogP contribution is -2.45. The fourth-order valence-corrected chi connectivity index (χ4v) is 1.83. The standard InChI is InChI=1S/C12H12N2O4.ClH/c1-18-12(17)9(13)6-14-10(15)7-4-2-3-5-8(7)11(14)16;/h2-5,9H,6,13H2,1H3;1H/t9-;/m1./s1. The summed E-state index contributed by atoms with van der Waals surface area (Å²) in [4.78, 5) is 36.1. The lowest BCUT2D eigenvalue weighted by Gasteiger charge is -2.17. The number of esters is 1. The fraction of sp³-hybridized carbons (Fsp3) is 0.250. The van der Waals surface area contributed by atoms with Crippen LogP contribution in [0.15, 0.2) is 24.3 Å². The summed E-state index contributed by atoms with van der Waals surface area (Å²) in [5.74, 6) is -1.53. The van der Waals surface area contributed by atoms with Gasteiger partial charge in [0.05, 0.1) is 24.8 Å². The molecule has 2 N–H and O–H groups in total. The number of halogens is 1. The van der Waals surface area contributed by atoms with E-state index in [1.165, 1.54) is 7.11 Å². The highest BCUT2D eigenvalue weighted by Crippen LogP contribution is 2.22. The molecule has 6 nitrogen and oxygen atoms in total. The topological polar surface area (TPSA) is 89.7 Å². The Morgan fingerprint density at radius 2 is 1.74 bits per heavy atom. The molecule has 0 radical (unpaired) electrons. The molecule has 0 bridgehead atoms. The third kappa shape index (κ3) is 2.59. The SMILES string of the molecule is COC(=O)[C@H](N)CN1C(=O)c2ccccc2C1=O.Cl. The van der Waals surface area contributed by atoms with E-state index in [0.29, 0.717) is 11.1 Å². The molecule has 1 aromatic carbocycles. The van der Waals surface area contributed by atoms with Crippen molar-refractivity contribution < 1.29 is 19.1 Å². The van der Waals surface area contributed by atoms with Crippen LogP contribution >= 0.6 is 12.4 Å². The molecule has 0 spiro atoms. The average molecular weight is 285 g/mol. The van der Waals surface area contributed by atoms with Gasteiger partial charge in [0, 0.05) is 0 Å². The van der Waals surface area contributed by atoms with E-state index in [2.05, 4.69) is 4.74 Å². The monoisotopic (exact) mass is 284 g/mol. The first kappa shape index (κ1) is 15.1. The highest BCUT2D eigenvalue weighted by atomic mass is 35.5. The zero-order valence-corrected chi connectivity index (χ0v) is 11.0. The normalized spacial score (nSPS) is 14.7. The van der Waals surface area contributed by atoms with E-state index in [1.807, 2.05) is 0 Å². The van der Waals surface area contributed by atoms with Crippen LogP contribution in [0.1, 0.15) is 20.7 Å². The number of carbonyl (C=O) groups excluding carboxylic acids is 3. The molecule has 19 heavy (non-hydrogen) atoms. The van der Waals surface area contributed by atoms with Gasteiger partial charge >= 0.3 is 5.97 Å². The van der Waals surface area contributed by atoms with Crippen molar-refractivity contribution in [3.63, 3.8) is 0 Å². The molecular weight excluding hydrogens is 272 g/mol. The van der Waals surface area contributed by atoms with Crippen molar-refractivity contribution in [1.82, 2.24) is 4.90 Å². The number of hydrogen-bond donors (Lipinski definition) is 1. The van der Waals surface area contributed by atoms with Crippen LogP contribution in [0.5, 0.6) is 0 Å². The minimum Gasteiger partial charge on any atom is -0.468 e. The van der Waals surface area contributed by atoms with Crippen molar-refractivity contribution in [2.45, 2.75) is 6.04 Å². The van der Waals surface area contributed by atoms with Crippen LogP contribution in [-0.4, -0.2) is 42.4 Å². The number of rotatable bonds is 3. The van der Waals surface area contributed by atoms with Crippen LogP contribution in [0.3, 0.4) is 0 Å². The van der Waals surface area contributed by atoms with E-state index < -0.39 is 23.8 Å². The van der Waals surface area contributed by atoms with Gasteiger partial charge in [-0.15, -0.1) is 12.4 Å². The number of methoxy groups -OCH3 is 1. The van der Waals surface area contributed by atoms with Gasteiger partial charge in [-0.25, -0.2) is 0 Å². The Hall–Kier alpha value is -1.92. The number of benzene rings is 1. The van der Waals surface area contributed by atoms with Crippen molar-refractivity contribution in [3.05, 3.63) is 35.4 Å². The van der Waals surface area contributed by atoms with Gasteiger partial charge in [0.1, 0.15) is 6.04 Å². The van der Waals surface area contributed by atoms with Crippen molar-refractivity contribution in [2.24, 2.45) is 5.73 Å². The maximum atomic E-state index is 12.0. The van der Waals surface area contributed by atoms with Crippen LogP contribution in [0.4, 0.5) is 0 Å². The molecular formula is C12H13ClN2O4. The van der Waals surface area contributed by atoms with Crippen LogP contribution in [0.2, 0.25) is 0 Å². The lowest BCUT2D eigenvalue weighted by atomic mass is 10.1. The Kier molecular flexibility index (Phi) is 4.63. The number of nitrogens with two attached hydrogens (primary N) is 1. The van der Waals surface area contributed by atoms with Gasteiger partial charge in [0.25, 0.3) is 11.8 Å². The Balaban J connectivity index is 0.00000180. The number of imide groups is 1. The molecule has 1 aromatic rings. The molecule has 0 saturated heterocycles. The first-order valence-electron chi connectivity index (χ1n) is 5.35. The van der Waals surface area contributed by atoms with E-state index in [-0.39, 0.29) is 19.0 Å². The first-order chi connectivity index (χ1) is 8.56. The molecule has 1 aliphatic rings. The quantitative estimate of drug-likeness (QED) is 0.633. The van der Waals surface area contributed by atoms with Crippen LogP contribution in [-0.2, 0) is 9.53 Å². The molecule has 1 aliphatic heterocycles. The summed E-state index contributed by atoms with van der Waals surface area (Å²) in [7, 11) is 1.20. The van der Waals surface area contributed by atoms with Gasteiger partial charge < -0.3 is 10.5 Å². The van der Waals surface area contributed by atoms with E-state index >= 15 is 0 Å². The zero-order chi connectivity index (χ0) is 13.3. The number of amides is 2. The summed E-state index contributed by atoms with van der Waals surface area (Å²) in [6, 6.07) is 5.46. The van der Waals surface area contributed by atoms with E-state index in [0.717, 1.165) is 4.90 Å². The summed E-state index contributed by atoms with van der Waals surface area (Å²) in [5.41, 5.74) is 6.21. The molecule has 0 fully saturated rings. The van der Waals surface area contributed by atoms with Crippen molar-refractivity contribution in [1.29, 1.82) is 0 Å². The smallest absolute Gasteiger partial charge is 0.324 e. The summed E-state index contributed by atoms with van der Waals surface area (Å²) < 4.78 is 4.46. The minimum absolute atomic E-state index is 0. The zero-order valence-electron chi connectivity index (χ0n) is 10.2. The third-order valence-corrected chi connectivity index (χ3v) is 2.76. The molecule has 1 atom stereocenters. The first-order valence-corrected chi connectivity index (χ1v) is 5.35. The highest BCUT2D eigenvalue weighted by Gasteiger charge is 2.36.